The first-order valence-corrected chi connectivity index (χ1v) is 5.44. The fourth-order valence-corrected chi connectivity index (χ4v) is 1.27. The van der Waals surface area contributed by atoms with E-state index in [-0.39, 0.29) is 11.7 Å². The highest BCUT2D eigenvalue weighted by molar-refractivity contribution is 5.87. The number of carboxylic acid groups (broad SMARTS) is 1. The molecule has 0 aliphatic carbocycles. The third-order valence-corrected chi connectivity index (χ3v) is 2.07. The summed E-state index contributed by atoms with van der Waals surface area (Å²) in [5, 5.41) is 20.8. The van der Waals surface area contributed by atoms with Gasteiger partial charge in [-0.1, -0.05) is 6.07 Å². The molecule has 1 rings (SSSR count). The Bertz CT molecular complexity index is 365. The molecular formula is C12H17NO4. The predicted molar refractivity (Wildman–Crippen MR) is 63.4 cm³/mol. The van der Waals surface area contributed by atoms with Gasteiger partial charge in [-0.15, -0.1) is 0 Å². The molecule has 3 N–H and O–H groups in total. The highest BCUT2D eigenvalue weighted by Crippen LogP contribution is 2.12. The zero-order valence-corrected chi connectivity index (χ0v) is 9.72. The third-order valence-electron chi connectivity index (χ3n) is 2.07. The van der Waals surface area contributed by atoms with Crippen LogP contribution in [-0.2, 0) is 0 Å². The maximum atomic E-state index is 10.7. The average Bonchev–Trinajstić information content (AvgIpc) is 2.28. The van der Waals surface area contributed by atoms with Gasteiger partial charge in [-0.25, -0.2) is 4.79 Å². The number of aliphatic hydroxyl groups excluding tert-OH is 1. The zero-order valence-electron chi connectivity index (χ0n) is 9.72. The SMILES string of the molecule is CC(O)CNCCOc1cccc(C(=O)O)c1. The molecule has 5 heteroatoms. The number of rotatable bonds is 7. The lowest BCUT2D eigenvalue weighted by Gasteiger charge is -2.09. The normalized spacial score (nSPS) is 12.1. The maximum absolute atomic E-state index is 10.7. The summed E-state index contributed by atoms with van der Waals surface area (Å²) >= 11 is 0. The van der Waals surface area contributed by atoms with Gasteiger partial charge in [-0.3, -0.25) is 0 Å². The first kappa shape index (κ1) is 13.5. The summed E-state index contributed by atoms with van der Waals surface area (Å²) < 4.78 is 5.37. The molecule has 0 aliphatic rings. The van der Waals surface area contributed by atoms with E-state index >= 15 is 0 Å². The standard InChI is InChI=1S/C12H17NO4/c1-9(14)8-13-5-6-17-11-4-2-3-10(7-11)12(15)16/h2-4,7,9,13-14H,5-6,8H2,1H3,(H,15,16). The third kappa shape index (κ3) is 5.33. The Morgan fingerprint density at radius 2 is 2.29 bits per heavy atom. The highest BCUT2D eigenvalue weighted by atomic mass is 16.5. The van der Waals surface area contributed by atoms with E-state index in [0.29, 0.717) is 25.4 Å². The number of benzene rings is 1. The van der Waals surface area contributed by atoms with Crippen molar-refractivity contribution in [2.24, 2.45) is 0 Å². The molecule has 0 heterocycles. The average molecular weight is 239 g/mol. The highest BCUT2D eigenvalue weighted by Gasteiger charge is 2.03. The van der Waals surface area contributed by atoms with E-state index in [1.54, 1.807) is 19.1 Å². The number of hydrogen-bond donors (Lipinski definition) is 3. The Morgan fingerprint density at radius 1 is 1.53 bits per heavy atom. The molecule has 0 aliphatic heterocycles. The number of aliphatic hydroxyl groups is 1. The van der Waals surface area contributed by atoms with Gasteiger partial charge < -0.3 is 20.3 Å². The summed E-state index contributed by atoms with van der Waals surface area (Å²) in [6.45, 7) is 3.24. The Hall–Kier alpha value is -1.59. The summed E-state index contributed by atoms with van der Waals surface area (Å²) in [5.74, 6) is -0.438. The van der Waals surface area contributed by atoms with Crippen LogP contribution in [0.4, 0.5) is 0 Å². The number of carboxylic acids is 1. The van der Waals surface area contributed by atoms with Gasteiger partial charge >= 0.3 is 5.97 Å². The van der Waals surface area contributed by atoms with E-state index in [9.17, 15) is 4.79 Å². The van der Waals surface area contributed by atoms with Crippen molar-refractivity contribution in [3.05, 3.63) is 29.8 Å². The quantitative estimate of drug-likeness (QED) is 0.611. The maximum Gasteiger partial charge on any atom is 0.335 e. The number of hydrogen-bond acceptors (Lipinski definition) is 4. The van der Waals surface area contributed by atoms with Crippen molar-refractivity contribution in [1.29, 1.82) is 0 Å². The molecular weight excluding hydrogens is 222 g/mol. The topological polar surface area (TPSA) is 78.8 Å². The number of nitrogens with one attached hydrogen (secondary N) is 1. The second-order valence-corrected chi connectivity index (χ2v) is 3.73. The Morgan fingerprint density at radius 3 is 2.94 bits per heavy atom. The van der Waals surface area contributed by atoms with Gasteiger partial charge in [-0.2, -0.15) is 0 Å². The smallest absolute Gasteiger partial charge is 0.335 e. The van der Waals surface area contributed by atoms with Crippen LogP contribution in [-0.4, -0.2) is 42.0 Å². The summed E-state index contributed by atoms with van der Waals surface area (Å²) in [6, 6.07) is 6.35. The molecule has 0 saturated heterocycles. The van der Waals surface area contributed by atoms with Crippen LogP contribution < -0.4 is 10.1 Å². The Kier molecular flexibility index (Phi) is 5.45. The van der Waals surface area contributed by atoms with Gasteiger partial charge in [0.05, 0.1) is 11.7 Å². The zero-order chi connectivity index (χ0) is 12.7. The molecule has 0 bridgehead atoms. The molecule has 0 aromatic heterocycles. The number of ether oxygens (including phenoxy) is 1. The predicted octanol–water partition coefficient (Wildman–Crippen LogP) is 0.734. The van der Waals surface area contributed by atoms with Crippen LogP contribution in [0.1, 0.15) is 17.3 Å². The first-order chi connectivity index (χ1) is 8.09. The fourth-order valence-electron chi connectivity index (χ4n) is 1.27. The summed E-state index contributed by atoms with van der Waals surface area (Å²) in [6.07, 6.45) is -0.384. The molecule has 0 fully saturated rings. The lowest BCUT2D eigenvalue weighted by molar-refractivity contribution is 0.0696. The van der Waals surface area contributed by atoms with Gasteiger partial charge in [0.15, 0.2) is 0 Å². The van der Waals surface area contributed by atoms with Gasteiger partial charge in [0.2, 0.25) is 0 Å². The molecule has 94 valence electrons. The van der Waals surface area contributed by atoms with Crippen molar-refractivity contribution in [2.45, 2.75) is 13.0 Å². The van der Waals surface area contributed by atoms with E-state index in [4.69, 9.17) is 14.9 Å². The Balaban J connectivity index is 2.31. The van der Waals surface area contributed by atoms with Crippen LogP contribution in [0.2, 0.25) is 0 Å². The Labute approximate surface area is 100 Å². The summed E-state index contributed by atoms with van der Waals surface area (Å²) in [4.78, 5) is 10.7. The summed E-state index contributed by atoms with van der Waals surface area (Å²) in [7, 11) is 0. The molecule has 0 amide bonds. The first-order valence-electron chi connectivity index (χ1n) is 5.44. The second kappa shape index (κ2) is 6.88. The molecule has 1 aromatic rings. The minimum absolute atomic E-state index is 0.208. The van der Waals surface area contributed by atoms with Gasteiger partial charge in [-0.05, 0) is 25.1 Å². The number of aromatic carboxylic acids is 1. The van der Waals surface area contributed by atoms with Crippen LogP contribution in [0.3, 0.4) is 0 Å². The van der Waals surface area contributed by atoms with E-state index in [1.807, 2.05) is 0 Å². The molecule has 1 atom stereocenters. The van der Waals surface area contributed by atoms with Crippen molar-refractivity contribution < 1.29 is 19.7 Å². The minimum Gasteiger partial charge on any atom is -0.492 e. The summed E-state index contributed by atoms with van der Waals surface area (Å²) in [5.41, 5.74) is 0.208. The van der Waals surface area contributed by atoms with Crippen LogP contribution in [0.25, 0.3) is 0 Å². The van der Waals surface area contributed by atoms with Crippen molar-refractivity contribution in [1.82, 2.24) is 5.32 Å². The van der Waals surface area contributed by atoms with Crippen LogP contribution in [0, 0.1) is 0 Å². The number of carbonyl (C=O) groups is 1. The molecule has 0 spiro atoms. The molecule has 5 nitrogen and oxygen atoms in total. The monoisotopic (exact) mass is 239 g/mol. The van der Waals surface area contributed by atoms with Crippen LogP contribution in [0.15, 0.2) is 24.3 Å². The molecule has 17 heavy (non-hydrogen) atoms. The van der Waals surface area contributed by atoms with Crippen molar-refractivity contribution in [3.63, 3.8) is 0 Å². The van der Waals surface area contributed by atoms with Crippen molar-refractivity contribution >= 4 is 5.97 Å². The van der Waals surface area contributed by atoms with Gasteiger partial charge in [0, 0.05) is 13.1 Å². The van der Waals surface area contributed by atoms with Crippen molar-refractivity contribution in [2.75, 3.05) is 19.7 Å². The minimum atomic E-state index is -0.970. The van der Waals surface area contributed by atoms with E-state index < -0.39 is 5.97 Å². The lowest BCUT2D eigenvalue weighted by atomic mass is 10.2. The fraction of sp³-hybridized carbons (Fsp3) is 0.417. The van der Waals surface area contributed by atoms with Gasteiger partial charge in [0.25, 0.3) is 0 Å². The van der Waals surface area contributed by atoms with Crippen molar-refractivity contribution in [3.8, 4) is 5.75 Å². The van der Waals surface area contributed by atoms with E-state index in [1.165, 1.54) is 12.1 Å². The molecule has 1 aromatic carbocycles. The van der Waals surface area contributed by atoms with E-state index in [2.05, 4.69) is 5.32 Å². The largest absolute Gasteiger partial charge is 0.492 e. The second-order valence-electron chi connectivity index (χ2n) is 3.73. The molecule has 1 unspecified atom stereocenters. The van der Waals surface area contributed by atoms with Crippen LogP contribution >= 0.6 is 0 Å². The van der Waals surface area contributed by atoms with E-state index in [0.717, 1.165) is 0 Å². The molecule has 0 saturated carbocycles. The van der Waals surface area contributed by atoms with Crippen LogP contribution in [0.5, 0.6) is 5.75 Å². The van der Waals surface area contributed by atoms with Gasteiger partial charge in [0.1, 0.15) is 12.4 Å². The lowest BCUT2D eigenvalue weighted by Crippen LogP contribution is -2.28. The molecule has 0 radical (unpaired) electrons.